The van der Waals surface area contributed by atoms with Crippen molar-refractivity contribution in [2.24, 2.45) is 0 Å². The molecule has 7 rings (SSSR count). The van der Waals surface area contributed by atoms with Crippen LogP contribution >= 0.6 is 11.3 Å². The molecule has 0 atom stereocenters. The number of pyridine rings is 2. The van der Waals surface area contributed by atoms with Crippen molar-refractivity contribution in [1.29, 1.82) is 0 Å². The number of aryl methyl sites for hydroxylation is 1. The van der Waals surface area contributed by atoms with Gasteiger partial charge in [0.25, 0.3) is 0 Å². The second-order valence-corrected chi connectivity index (χ2v) is 21.9. The zero-order valence-corrected chi connectivity index (χ0v) is 37.0. The van der Waals surface area contributed by atoms with Crippen LogP contribution in [0.3, 0.4) is 0 Å². The smallest absolute Gasteiger partial charge is 0.0709 e. The van der Waals surface area contributed by atoms with Crippen LogP contribution in [-0.4, -0.2) is 8.07 Å². The summed E-state index contributed by atoms with van der Waals surface area (Å²) in [6.45, 7) is 26.1. The van der Waals surface area contributed by atoms with E-state index >= 15 is 0 Å². The fourth-order valence-corrected chi connectivity index (χ4v) is 10.2. The van der Waals surface area contributed by atoms with E-state index in [9.17, 15) is 4.39 Å². The number of hydrogen-bond acceptors (Lipinski definition) is 1. The number of hydrogen-bond donors (Lipinski definition) is 0. The van der Waals surface area contributed by atoms with E-state index in [2.05, 4.69) is 167 Å². The Morgan fingerprint density at radius 1 is 0.685 bits per heavy atom. The predicted octanol–water partition coefficient (Wildman–Crippen LogP) is 12.2. The van der Waals surface area contributed by atoms with Gasteiger partial charge in [-0.2, -0.15) is 37.1 Å². The molecule has 0 spiro atoms. The van der Waals surface area contributed by atoms with Crippen LogP contribution in [0.1, 0.15) is 67.3 Å². The molecule has 0 aliphatic rings. The number of benzene rings is 4. The minimum atomic E-state index is -1.50. The molecular formula is C48H51FIrN2SSi-2. The molecule has 0 N–H and O–H groups in total. The quantitative estimate of drug-likeness (QED) is 0.0892. The molecule has 3 heterocycles. The number of fused-ring (bicyclic) bond motifs is 3. The number of halogens is 1. The Hall–Kier alpha value is -4.32. The van der Waals surface area contributed by atoms with Gasteiger partial charge in [-0.1, -0.05) is 137 Å². The maximum absolute atomic E-state index is 14.6. The molecule has 7 aromatic rings. The second kappa shape index (κ2) is 16.2. The number of nitrogens with zero attached hydrogens (tertiary/aromatic N) is 2. The summed E-state index contributed by atoms with van der Waals surface area (Å²) in [6, 6.07) is 31.7. The van der Waals surface area contributed by atoms with E-state index in [1.807, 2.05) is 33.5 Å². The fraction of sp³-hybridized carbons (Fsp3) is 0.208. The number of aromatic nitrogens is 2. The molecule has 0 amide bonds. The molecule has 0 aliphatic heterocycles. The van der Waals surface area contributed by atoms with Gasteiger partial charge in [0.1, 0.15) is 0 Å². The molecule has 1 radical (unpaired) electrons. The largest absolute Gasteiger partial charge is 0.343 e. The second-order valence-electron chi connectivity index (χ2n) is 15.8. The van der Waals surface area contributed by atoms with Crippen molar-refractivity contribution in [1.82, 2.24) is 0 Å². The molecule has 4 aromatic carbocycles. The van der Waals surface area contributed by atoms with E-state index in [1.54, 1.807) is 6.07 Å². The van der Waals surface area contributed by atoms with Crippen LogP contribution in [0.15, 0.2) is 103 Å². The summed E-state index contributed by atoms with van der Waals surface area (Å²) >= 11 is 1.85. The Morgan fingerprint density at radius 2 is 1.35 bits per heavy atom. The van der Waals surface area contributed by atoms with Crippen molar-refractivity contribution in [2.45, 2.75) is 66.1 Å². The molecule has 0 saturated carbocycles. The Labute approximate surface area is 341 Å². The molecule has 0 bridgehead atoms. The monoisotopic (exact) mass is 927 g/mol. The van der Waals surface area contributed by atoms with E-state index < -0.39 is 8.07 Å². The van der Waals surface area contributed by atoms with E-state index in [0.29, 0.717) is 23.0 Å². The number of rotatable bonds is 6. The molecule has 2 nitrogen and oxygen atoms in total. The molecule has 3 aromatic heterocycles. The topological polar surface area (TPSA) is 7.76 Å². The molecular weight excluding hydrogens is 876 g/mol. The summed E-state index contributed by atoms with van der Waals surface area (Å²) in [7, 11) is 6.86. The van der Waals surface area contributed by atoms with Crippen LogP contribution in [-0.2, 0) is 20.1 Å². The van der Waals surface area contributed by atoms with Gasteiger partial charge in [-0.05, 0) is 55.8 Å². The van der Waals surface area contributed by atoms with Gasteiger partial charge in [-0.15, -0.1) is 23.0 Å². The summed E-state index contributed by atoms with van der Waals surface area (Å²) in [4.78, 5) is 0. The minimum absolute atomic E-state index is 0. The Bertz CT molecular complexity index is 2440. The van der Waals surface area contributed by atoms with Gasteiger partial charge in [0.2, 0.25) is 0 Å². The van der Waals surface area contributed by atoms with E-state index in [-0.39, 0.29) is 25.9 Å². The van der Waals surface area contributed by atoms with E-state index in [4.69, 9.17) is 0 Å². The summed E-state index contributed by atoms with van der Waals surface area (Å²) in [5, 5.41) is 3.96. The van der Waals surface area contributed by atoms with Gasteiger partial charge in [0.05, 0.1) is 37.7 Å². The molecule has 0 aliphatic carbocycles. The molecule has 0 unspecified atom stereocenters. The molecule has 0 fully saturated rings. The molecule has 0 saturated heterocycles. The molecule has 281 valence electrons. The third-order valence-corrected chi connectivity index (χ3v) is 13.2. The summed E-state index contributed by atoms with van der Waals surface area (Å²) in [5.74, 6) is 0.620. The molecule has 54 heavy (non-hydrogen) atoms. The maximum atomic E-state index is 14.6. The van der Waals surface area contributed by atoms with Crippen molar-refractivity contribution >= 4 is 44.8 Å². The predicted molar refractivity (Wildman–Crippen MR) is 229 cm³/mol. The minimum Gasteiger partial charge on any atom is -0.343 e. The summed E-state index contributed by atoms with van der Waals surface area (Å²) in [5.41, 5.74) is 11.4. The zero-order chi connectivity index (χ0) is 38.4. The Morgan fingerprint density at radius 3 is 1.98 bits per heavy atom. The maximum Gasteiger partial charge on any atom is 0.0709 e. The number of thiophene rings is 1. The van der Waals surface area contributed by atoms with Crippen LogP contribution in [0.4, 0.5) is 4.39 Å². The van der Waals surface area contributed by atoms with Crippen molar-refractivity contribution in [3.05, 3.63) is 165 Å². The van der Waals surface area contributed by atoms with E-state index in [0.717, 1.165) is 22.5 Å². The average Bonchev–Trinajstić information content (AvgIpc) is 3.46. The van der Waals surface area contributed by atoms with Gasteiger partial charge in [0, 0.05) is 38.9 Å². The van der Waals surface area contributed by atoms with Gasteiger partial charge in [-0.3, -0.25) is 0 Å². The van der Waals surface area contributed by atoms with Crippen LogP contribution < -0.4 is 14.3 Å². The van der Waals surface area contributed by atoms with Crippen LogP contribution in [0.2, 0.25) is 19.6 Å². The van der Waals surface area contributed by atoms with Crippen molar-refractivity contribution in [2.75, 3.05) is 0 Å². The average molecular weight is 927 g/mol. The summed E-state index contributed by atoms with van der Waals surface area (Å²) in [6.07, 6.45) is 4.15. The normalized spacial score (nSPS) is 11.5. The van der Waals surface area contributed by atoms with Crippen LogP contribution in [0, 0.1) is 40.7 Å². The van der Waals surface area contributed by atoms with Crippen LogP contribution in [0.25, 0.3) is 53.8 Å². The first-order valence-corrected chi connectivity index (χ1v) is 22.6. The molecule has 6 heteroatoms. The Balaban J connectivity index is 0.000000212. The van der Waals surface area contributed by atoms with Gasteiger partial charge in [0.15, 0.2) is 0 Å². The van der Waals surface area contributed by atoms with Gasteiger partial charge in [-0.25, -0.2) is 4.39 Å². The van der Waals surface area contributed by atoms with E-state index in [1.165, 1.54) is 53.2 Å². The summed E-state index contributed by atoms with van der Waals surface area (Å²) < 4.78 is 20.9. The first-order valence-electron chi connectivity index (χ1n) is 18.3. The van der Waals surface area contributed by atoms with Crippen molar-refractivity contribution in [3.63, 3.8) is 0 Å². The van der Waals surface area contributed by atoms with Crippen molar-refractivity contribution in [3.8, 4) is 33.6 Å². The standard InChI is InChI=1S/C28H24NS.C20H27FNSi.Ir/c1-18(2)21-14-15-29(4)25(16-21)27-19(3)10-12-24-23-13-11-22(17-26(23)30-28(24)27)20-8-6-5-7-9-20;1-13(2)16-11-18(22(5)12-19(16)23(6,7)8)20-15(4)9-14(3)10-17(20)21;/h5-18H,3-4H2,1-2H3;9-13H,4-5H2,1-3,6-8H3;/q2*-1;. The SMILES string of the molecule is [CH2-]c1cc(C)cc(F)c1-c1cc(C(C)C)c([Si](C)(C)C)c[n+]1[CH2-].[CH2-]c1ccc2c(sc3cc(-c4ccccc4)ccc32)c1-c1cc(C(C)C)cc[n+]1[CH2-].[Ir]. The zero-order valence-electron chi connectivity index (χ0n) is 32.8. The Kier molecular flexibility index (Phi) is 12.2. The van der Waals surface area contributed by atoms with Gasteiger partial charge >= 0.3 is 0 Å². The van der Waals surface area contributed by atoms with Gasteiger partial charge < -0.3 is 9.13 Å². The van der Waals surface area contributed by atoms with Crippen LogP contribution in [0.5, 0.6) is 0 Å². The third-order valence-electron chi connectivity index (χ3n) is 10.0. The first kappa shape index (κ1) is 40.9. The fourth-order valence-electron chi connectivity index (χ4n) is 7.12. The first-order chi connectivity index (χ1) is 25.0. The van der Waals surface area contributed by atoms with Crippen molar-refractivity contribution < 1.29 is 33.6 Å². The third kappa shape index (κ3) is 8.18.